The van der Waals surface area contributed by atoms with Crippen molar-refractivity contribution in [3.8, 4) is 0 Å². The van der Waals surface area contributed by atoms with Gasteiger partial charge in [-0.05, 0) is 20.8 Å². The minimum absolute atomic E-state index is 0.0857. The molecule has 0 fully saturated rings. The van der Waals surface area contributed by atoms with Crippen LogP contribution in [0.1, 0.15) is 27.7 Å². The van der Waals surface area contributed by atoms with Crippen molar-refractivity contribution in [2.45, 2.75) is 49.9 Å². The van der Waals surface area contributed by atoms with Gasteiger partial charge < -0.3 is 13.3 Å². The predicted octanol–water partition coefficient (Wildman–Crippen LogP) is 3.88. The van der Waals surface area contributed by atoms with E-state index >= 15 is 0 Å². The van der Waals surface area contributed by atoms with Crippen LogP contribution in [0.4, 0.5) is 0 Å². The first-order chi connectivity index (χ1) is 8.31. The van der Waals surface area contributed by atoms with Crippen molar-refractivity contribution in [2.24, 2.45) is 0 Å². The third-order valence-electron chi connectivity index (χ3n) is 2.03. The molecule has 0 aliphatic heterocycles. The maximum absolute atomic E-state index is 5.90. The number of hydrogen-bond acceptors (Lipinski definition) is 3. The molecular formula is C11H23Cl3O3Si. The topological polar surface area (TPSA) is 27.7 Å². The van der Waals surface area contributed by atoms with Crippen LogP contribution in [0.15, 0.2) is 0 Å². The molecule has 0 aliphatic rings. The standard InChI is InChI=1S/C11H23Cl3O3Si/c1-5-18(15-6-9(2)12,16-7-10(3)13)17-8-11(4)14/h9-11H,5-8H2,1-4H3. The number of rotatable bonds is 10. The van der Waals surface area contributed by atoms with Gasteiger partial charge >= 0.3 is 8.80 Å². The van der Waals surface area contributed by atoms with Crippen molar-refractivity contribution in [1.29, 1.82) is 0 Å². The molecule has 0 bridgehead atoms. The normalized spacial score (nSPS) is 20.2. The van der Waals surface area contributed by atoms with E-state index in [1.54, 1.807) is 0 Å². The van der Waals surface area contributed by atoms with Crippen LogP contribution < -0.4 is 0 Å². The highest BCUT2D eigenvalue weighted by molar-refractivity contribution is 6.60. The summed E-state index contributed by atoms with van der Waals surface area (Å²) in [4.78, 5) is 0. The highest BCUT2D eigenvalue weighted by atomic mass is 35.5. The lowest BCUT2D eigenvalue weighted by Crippen LogP contribution is -2.48. The zero-order chi connectivity index (χ0) is 14.2. The first-order valence-corrected chi connectivity index (χ1v) is 9.39. The summed E-state index contributed by atoms with van der Waals surface area (Å²) in [5.74, 6) is 0. The molecule has 0 saturated carbocycles. The van der Waals surface area contributed by atoms with Crippen molar-refractivity contribution in [2.75, 3.05) is 19.8 Å². The van der Waals surface area contributed by atoms with Crippen molar-refractivity contribution >= 4 is 43.6 Å². The average Bonchev–Trinajstić information content (AvgIpc) is 2.28. The Morgan fingerprint density at radius 2 is 1.06 bits per heavy atom. The Labute approximate surface area is 126 Å². The lowest BCUT2D eigenvalue weighted by molar-refractivity contribution is 0.0622. The second-order valence-corrected chi connectivity index (χ2v) is 9.49. The van der Waals surface area contributed by atoms with Crippen molar-refractivity contribution in [3.05, 3.63) is 0 Å². The van der Waals surface area contributed by atoms with Crippen LogP contribution in [0.3, 0.4) is 0 Å². The summed E-state index contributed by atoms with van der Waals surface area (Å²) in [6, 6.07) is 0.670. The molecule has 0 aromatic carbocycles. The van der Waals surface area contributed by atoms with Crippen LogP contribution in [-0.2, 0) is 13.3 Å². The summed E-state index contributed by atoms with van der Waals surface area (Å²) < 4.78 is 17.4. The van der Waals surface area contributed by atoms with Crippen molar-refractivity contribution in [1.82, 2.24) is 0 Å². The Bertz CT molecular complexity index is 184. The van der Waals surface area contributed by atoms with E-state index < -0.39 is 8.80 Å². The van der Waals surface area contributed by atoms with Gasteiger partial charge in [0.15, 0.2) is 0 Å². The molecule has 3 atom stereocenters. The fraction of sp³-hybridized carbons (Fsp3) is 1.00. The number of alkyl halides is 3. The highest BCUT2D eigenvalue weighted by Gasteiger charge is 2.40. The molecular weight excluding hydrogens is 315 g/mol. The quantitative estimate of drug-likeness (QED) is 0.447. The fourth-order valence-electron chi connectivity index (χ4n) is 1.16. The highest BCUT2D eigenvalue weighted by Crippen LogP contribution is 2.19. The zero-order valence-electron chi connectivity index (χ0n) is 11.4. The predicted molar refractivity (Wildman–Crippen MR) is 80.0 cm³/mol. The Balaban J connectivity index is 4.49. The minimum atomic E-state index is -2.71. The lowest BCUT2D eigenvalue weighted by Gasteiger charge is -2.30. The molecule has 0 radical (unpaired) electrons. The smallest absolute Gasteiger partial charge is 0.372 e. The van der Waals surface area contributed by atoms with Crippen LogP contribution in [0.2, 0.25) is 6.04 Å². The Morgan fingerprint density at radius 1 is 0.778 bits per heavy atom. The Kier molecular flexibility index (Phi) is 10.3. The summed E-state index contributed by atoms with van der Waals surface area (Å²) in [7, 11) is -2.71. The van der Waals surface area contributed by atoms with Gasteiger partial charge in [0, 0.05) is 6.04 Å². The third-order valence-corrected chi connectivity index (χ3v) is 5.10. The summed E-state index contributed by atoms with van der Waals surface area (Å²) in [6.45, 7) is 8.77. The van der Waals surface area contributed by atoms with Gasteiger partial charge in [0.1, 0.15) is 0 Å². The number of hydrogen-bond donors (Lipinski definition) is 0. The lowest BCUT2D eigenvalue weighted by atomic mass is 10.5. The summed E-state index contributed by atoms with van der Waals surface area (Å²) >= 11 is 17.7. The fourth-order valence-corrected chi connectivity index (χ4v) is 4.04. The van der Waals surface area contributed by atoms with Gasteiger partial charge in [-0.25, -0.2) is 0 Å². The van der Waals surface area contributed by atoms with Crippen LogP contribution >= 0.6 is 34.8 Å². The minimum Gasteiger partial charge on any atom is -0.372 e. The van der Waals surface area contributed by atoms with Crippen LogP contribution in [0.25, 0.3) is 0 Å². The Morgan fingerprint density at radius 3 is 1.22 bits per heavy atom. The molecule has 18 heavy (non-hydrogen) atoms. The summed E-state index contributed by atoms with van der Waals surface area (Å²) in [6.07, 6.45) is 0. The van der Waals surface area contributed by atoms with E-state index in [1.807, 2.05) is 27.7 Å². The second kappa shape index (κ2) is 9.81. The largest absolute Gasteiger partial charge is 0.500 e. The van der Waals surface area contributed by atoms with Gasteiger partial charge in [-0.2, -0.15) is 0 Å². The molecule has 0 saturated heterocycles. The van der Waals surface area contributed by atoms with Gasteiger partial charge in [0.05, 0.1) is 36.0 Å². The maximum atomic E-state index is 5.90. The molecule has 0 aromatic rings. The first kappa shape index (κ1) is 19.0. The van der Waals surface area contributed by atoms with E-state index in [0.29, 0.717) is 25.9 Å². The molecule has 110 valence electrons. The van der Waals surface area contributed by atoms with E-state index in [1.165, 1.54) is 0 Å². The van der Waals surface area contributed by atoms with E-state index in [4.69, 9.17) is 48.1 Å². The average molecular weight is 338 g/mol. The van der Waals surface area contributed by atoms with Gasteiger partial charge in [-0.3, -0.25) is 0 Å². The molecule has 0 spiro atoms. The second-order valence-electron chi connectivity index (χ2n) is 4.31. The molecule has 3 unspecified atom stereocenters. The molecule has 0 amide bonds. The molecule has 0 aliphatic carbocycles. The van der Waals surface area contributed by atoms with E-state index in [0.717, 1.165) is 0 Å². The number of halogens is 3. The van der Waals surface area contributed by atoms with Crippen LogP contribution in [0.5, 0.6) is 0 Å². The monoisotopic (exact) mass is 336 g/mol. The summed E-state index contributed by atoms with van der Waals surface area (Å²) in [5.41, 5.74) is 0. The molecule has 0 heterocycles. The van der Waals surface area contributed by atoms with Gasteiger partial charge in [0.25, 0.3) is 0 Å². The SMILES string of the molecule is CC[Si](OCC(C)Cl)(OCC(C)Cl)OCC(C)Cl. The first-order valence-electron chi connectivity index (χ1n) is 6.15. The summed E-state index contributed by atoms with van der Waals surface area (Å²) in [5, 5.41) is -0.257. The molecule has 0 rings (SSSR count). The molecule has 0 aromatic heterocycles. The van der Waals surface area contributed by atoms with E-state index in [9.17, 15) is 0 Å². The third kappa shape index (κ3) is 8.96. The molecule has 0 N–H and O–H groups in total. The van der Waals surface area contributed by atoms with Gasteiger partial charge in [-0.15, -0.1) is 34.8 Å². The van der Waals surface area contributed by atoms with Gasteiger partial charge in [0.2, 0.25) is 0 Å². The van der Waals surface area contributed by atoms with Gasteiger partial charge in [-0.1, -0.05) is 6.92 Å². The zero-order valence-corrected chi connectivity index (χ0v) is 14.7. The van der Waals surface area contributed by atoms with Crippen LogP contribution in [0, 0.1) is 0 Å². The van der Waals surface area contributed by atoms with Crippen molar-refractivity contribution in [3.63, 3.8) is 0 Å². The molecule has 7 heteroatoms. The van der Waals surface area contributed by atoms with Crippen molar-refractivity contribution < 1.29 is 13.3 Å². The van der Waals surface area contributed by atoms with Crippen LogP contribution in [-0.4, -0.2) is 44.8 Å². The Hall–Kier alpha value is 0.967. The van der Waals surface area contributed by atoms with E-state index in [2.05, 4.69) is 0 Å². The molecule has 3 nitrogen and oxygen atoms in total. The maximum Gasteiger partial charge on any atom is 0.500 e. The van der Waals surface area contributed by atoms with E-state index in [-0.39, 0.29) is 16.1 Å².